The number of rotatable bonds is 6. The molecule has 1 atom stereocenters. The van der Waals surface area contributed by atoms with E-state index in [2.05, 4.69) is 26.2 Å². The van der Waals surface area contributed by atoms with E-state index < -0.39 is 11.7 Å². The summed E-state index contributed by atoms with van der Waals surface area (Å²) in [5, 5.41) is 2.73. The van der Waals surface area contributed by atoms with Gasteiger partial charge in [-0.25, -0.2) is 4.98 Å². The highest BCUT2D eigenvalue weighted by atomic mass is 79.9. The SMILES string of the molecule is CC(CN)CCCNc1ncc(Br)cc1C(F)(F)F. The van der Waals surface area contributed by atoms with Gasteiger partial charge in [-0.1, -0.05) is 6.92 Å². The van der Waals surface area contributed by atoms with Crippen molar-refractivity contribution in [2.45, 2.75) is 25.9 Å². The van der Waals surface area contributed by atoms with Gasteiger partial charge < -0.3 is 11.1 Å². The van der Waals surface area contributed by atoms with Crippen LogP contribution in [0.3, 0.4) is 0 Å². The summed E-state index contributed by atoms with van der Waals surface area (Å²) in [6.07, 6.45) is -1.43. The van der Waals surface area contributed by atoms with Gasteiger partial charge in [0, 0.05) is 17.2 Å². The third kappa shape index (κ3) is 5.36. The number of nitrogens with one attached hydrogen (secondary N) is 1. The maximum absolute atomic E-state index is 12.8. The molecule has 1 aromatic heterocycles. The minimum absolute atomic E-state index is 0.129. The number of nitrogens with zero attached hydrogens (tertiary/aromatic N) is 1. The number of hydrogen-bond acceptors (Lipinski definition) is 3. The molecule has 1 aromatic rings. The number of aromatic nitrogens is 1. The zero-order valence-electron chi connectivity index (χ0n) is 10.6. The molecule has 3 nitrogen and oxygen atoms in total. The minimum Gasteiger partial charge on any atom is -0.370 e. The molecular formula is C12H17BrF3N3. The molecule has 0 fully saturated rings. The molecule has 7 heteroatoms. The second-order valence-electron chi connectivity index (χ2n) is 4.46. The minimum atomic E-state index is -4.41. The van der Waals surface area contributed by atoms with E-state index >= 15 is 0 Å². The van der Waals surface area contributed by atoms with E-state index in [1.165, 1.54) is 6.20 Å². The lowest BCUT2D eigenvalue weighted by atomic mass is 10.1. The second kappa shape index (κ2) is 7.09. The number of alkyl halides is 3. The second-order valence-corrected chi connectivity index (χ2v) is 5.37. The van der Waals surface area contributed by atoms with Crippen molar-refractivity contribution in [1.29, 1.82) is 0 Å². The van der Waals surface area contributed by atoms with Gasteiger partial charge in [0.2, 0.25) is 0 Å². The van der Waals surface area contributed by atoms with E-state index in [0.717, 1.165) is 18.9 Å². The van der Waals surface area contributed by atoms with Gasteiger partial charge >= 0.3 is 6.18 Å². The maximum Gasteiger partial charge on any atom is 0.419 e. The first-order valence-electron chi connectivity index (χ1n) is 6.01. The molecule has 0 aliphatic carbocycles. The van der Waals surface area contributed by atoms with Gasteiger partial charge in [0.25, 0.3) is 0 Å². The van der Waals surface area contributed by atoms with Crippen molar-refractivity contribution >= 4 is 21.7 Å². The van der Waals surface area contributed by atoms with Crippen LogP contribution in [0.2, 0.25) is 0 Å². The normalized spacial score (nSPS) is 13.4. The van der Waals surface area contributed by atoms with Crippen LogP contribution in [-0.4, -0.2) is 18.1 Å². The number of hydrogen-bond donors (Lipinski definition) is 2. The fraction of sp³-hybridized carbons (Fsp3) is 0.583. The molecule has 3 N–H and O–H groups in total. The van der Waals surface area contributed by atoms with E-state index in [9.17, 15) is 13.2 Å². The van der Waals surface area contributed by atoms with Crippen LogP contribution in [-0.2, 0) is 6.18 Å². The molecule has 0 aliphatic rings. The Kier molecular flexibility index (Phi) is 6.06. The summed E-state index contributed by atoms with van der Waals surface area (Å²) in [5.74, 6) is 0.248. The standard InChI is InChI=1S/C12H17BrF3N3/c1-8(6-17)3-2-4-18-11-10(12(14,15)16)5-9(13)7-19-11/h5,7-8H,2-4,6,17H2,1H3,(H,18,19). The fourth-order valence-electron chi connectivity index (χ4n) is 1.57. The molecule has 0 saturated carbocycles. The Labute approximate surface area is 118 Å². The van der Waals surface area contributed by atoms with Crippen LogP contribution in [0.4, 0.5) is 19.0 Å². The zero-order chi connectivity index (χ0) is 14.5. The van der Waals surface area contributed by atoms with E-state index in [0.29, 0.717) is 23.5 Å². The van der Waals surface area contributed by atoms with Crippen molar-refractivity contribution in [1.82, 2.24) is 4.98 Å². The fourth-order valence-corrected chi connectivity index (χ4v) is 1.90. The molecule has 1 rings (SSSR count). The van der Waals surface area contributed by atoms with Gasteiger partial charge in [0.05, 0.1) is 5.56 Å². The van der Waals surface area contributed by atoms with Gasteiger partial charge in [0.1, 0.15) is 5.82 Å². The summed E-state index contributed by atoms with van der Waals surface area (Å²) in [7, 11) is 0. The lowest BCUT2D eigenvalue weighted by molar-refractivity contribution is -0.137. The van der Waals surface area contributed by atoms with Gasteiger partial charge in [-0.2, -0.15) is 13.2 Å². The summed E-state index contributed by atoms with van der Waals surface area (Å²) in [4.78, 5) is 3.78. The van der Waals surface area contributed by atoms with E-state index in [-0.39, 0.29) is 5.82 Å². The largest absolute Gasteiger partial charge is 0.419 e. The maximum atomic E-state index is 12.8. The predicted molar refractivity (Wildman–Crippen MR) is 72.9 cm³/mol. The first-order valence-corrected chi connectivity index (χ1v) is 6.80. The Bertz CT molecular complexity index is 410. The van der Waals surface area contributed by atoms with Crippen LogP contribution in [0, 0.1) is 5.92 Å². The summed E-state index contributed by atoms with van der Waals surface area (Å²) >= 11 is 2.99. The van der Waals surface area contributed by atoms with Crippen LogP contribution >= 0.6 is 15.9 Å². The van der Waals surface area contributed by atoms with Crippen molar-refractivity contribution in [3.05, 3.63) is 22.3 Å². The molecule has 1 unspecified atom stereocenters. The third-order valence-corrected chi connectivity index (χ3v) is 3.16. The Hall–Kier alpha value is -0.820. The van der Waals surface area contributed by atoms with Gasteiger partial charge in [0.15, 0.2) is 0 Å². The van der Waals surface area contributed by atoms with Crippen molar-refractivity contribution in [2.24, 2.45) is 11.7 Å². The highest BCUT2D eigenvalue weighted by Gasteiger charge is 2.34. The molecule has 0 saturated heterocycles. The Morgan fingerprint density at radius 1 is 1.47 bits per heavy atom. The van der Waals surface area contributed by atoms with Crippen LogP contribution in [0.25, 0.3) is 0 Å². The summed E-state index contributed by atoms with van der Waals surface area (Å²) in [5.41, 5.74) is 4.72. The van der Waals surface area contributed by atoms with Gasteiger partial charge in [-0.05, 0) is 47.3 Å². The Balaban J connectivity index is 2.63. The summed E-state index contributed by atoms with van der Waals surface area (Å²) in [6.45, 7) is 3.05. The van der Waals surface area contributed by atoms with Gasteiger partial charge in [-0.15, -0.1) is 0 Å². The predicted octanol–water partition coefficient (Wildman–Crippen LogP) is 3.65. The molecular weight excluding hydrogens is 323 g/mol. The monoisotopic (exact) mass is 339 g/mol. The molecule has 0 amide bonds. The number of nitrogens with two attached hydrogens (primary N) is 1. The van der Waals surface area contributed by atoms with Crippen molar-refractivity contribution < 1.29 is 13.2 Å². The summed E-state index contributed by atoms with van der Waals surface area (Å²) in [6, 6.07) is 1.03. The number of anilines is 1. The number of halogens is 4. The Morgan fingerprint density at radius 3 is 2.74 bits per heavy atom. The summed E-state index contributed by atoms with van der Waals surface area (Å²) < 4.78 is 38.7. The third-order valence-electron chi connectivity index (χ3n) is 2.73. The topological polar surface area (TPSA) is 50.9 Å². The molecule has 0 radical (unpaired) electrons. The van der Waals surface area contributed by atoms with Crippen LogP contribution in [0.5, 0.6) is 0 Å². The molecule has 19 heavy (non-hydrogen) atoms. The van der Waals surface area contributed by atoms with Crippen LogP contribution in [0.1, 0.15) is 25.3 Å². The highest BCUT2D eigenvalue weighted by Crippen LogP contribution is 2.35. The quantitative estimate of drug-likeness (QED) is 0.778. The number of pyridine rings is 1. The lowest BCUT2D eigenvalue weighted by Crippen LogP contribution is -2.15. The van der Waals surface area contributed by atoms with Crippen molar-refractivity contribution in [2.75, 3.05) is 18.4 Å². The first kappa shape index (κ1) is 16.2. The van der Waals surface area contributed by atoms with Crippen molar-refractivity contribution in [3.63, 3.8) is 0 Å². The smallest absolute Gasteiger partial charge is 0.370 e. The lowest BCUT2D eigenvalue weighted by Gasteiger charge is -2.14. The molecule has 0 aromatic carbocycles. The Morgan fingerprint density at radius 2 is 2.16 bits per heavy atom. The highest BCUT2D eigenvalue weighted by molar-refractivity contribution is 9.10. The molecule has 108 valence electrons. The van der Waals surface area contributed by atoms with E-state index in [1.54, 1.807) is 0 Å². The van der Waals surface area contributed by atoms with Gasteiger partial charge in [-0.3, -0.25) is 0 Å². The average molecular weight is 340 g/mol. The van der Waals surface area contributed by atoms with E-state index in [1.807, 2.05) is 6.92 Å². The zero-order valence-corrected chi connectivity index (χ0v) is 12.2. The average Bonchev–Trinajstić information content (AvgIpc) is 2.34. The molecule has 0 bridgehead atoms. The van der Waals surface area contributed by atoms with Crippen molar-refractivity contribution in [3.8, 4) is 0 Å². The van der Waals surface area contributed by atoms with Crippen LogP contribution in [0.15, 0.2) is 16.7 Å². The van der Waals surface area contributed by atoms with Crippen LogP contribution < -0.4 is 11.1 Å². The molecule has 0 aliphatic heterocycles. The first-order chi connectivity index (χ1) is 8.84. The molecule has 0 spiro atoms. The molecule has 1 heterocycles. The van der Waals surface area contributed by atoms with E-state index in [4.69, 9.17) is 5.73 Å².